The molecule has 2 amide bonds. The minimum Gasteiger partial charge on any atom is -0.441 e. The van der Waals surface area contributed by atoms with Crippen molar-refractivity contribution >= 4 is 40.7 Å². The number of aryl methyl sites for hydroxylation is 1. The summed E-state index contributed by atoms with van der Waals surface area (Å²) in [4.78, 5) is 42.5. The van der Waals surface area contributed by atoms with Crippen LogP contribution >= 0.6 is 11.6 Å². The van der Waals surface area contributed by atoms with Gasteiger partial charge in [-0.3, -0.25) is 15.0 Å². The highest BCUT2D eigenvalue weighted by Crippen LogP contribution is 2.41. The van der Waals surface area contributed by atoms with Crippen molar-refractivity contribution in [1.82, 2.24) is 15.0 Å². The Kier molecular flexibility index (Phi) is 6.76. The molecule has 200 valence electrons. The SMILES string of the molecule is Cc1ncc(-c2ccnc(NC(=O)N3c4nc(C(=O)C[C@H](C)C(F)(F)F)c(Cl)cc4N4CCC[C@H]3C4)c2)o1. The first-order valence-electron chi connectivity index (χ1n) is 12.1. The maximum absolute atomic E-state index is 13.6. The quantitative estimate of drug-likeness (QED) is 0.397. The molecule has 0 radical (unpaired) electrons. The molecular formula is C25H24ClF3N6O3. The lowest BCUT2D eigenvalue weighted by Gasteiger charge is -2.46. The number of oxazole rings is 1. The van der Waals surface area contributed by atoms with E-state index < -0.39 is 30.3 Å². The van der Waals surface area contributed by atoms with Gasteiger partial charge >= 0.3 is 12.2 Å². The number of rotatable bonds is 5. The van der Waals surface area contributed by atoms with Crippen LogP contribution in [0.5, 0.6) is 0 Å². The number of amides is 2. The van der Waals surface area contributed by atoms with Crippen LogP contribution < -0.4 is 15.1 Å². The van der Waals surface area contributed by atoms with Crippen molar-refractivity contribution in [2.75, 3.05) is 28.2 Å². The third-order valence-corrected chi connectivity index (χ3v) is 6.99. The number of fused-ring (bicyclic) bond motifs is 4. The van der Waals surface area contributed by atoms with Crippen LogP contribution in [0.2, 0.25) is 5.02 Å². The first kappa shape index (κ1) is 26.0. The highest BCUT2D eigenvalue weighted by molar-refractivity contribution is 6.34. The normalized spacial score (nSPS) is 17.7. The minimum atomic E-state index is -4.53. The Labute approximate surface area is 221 Å². The number of urea groups is 1. The zero-order valence-electron chi connectivity index (χ0n) is 20.5. The molecule has 2 aliphatic heterocycles. The third kappa shape index (κ3) is 5.04. The van der Waals surface area contributed by atoms with Crippen LogP contribution in [0.15, 0.2) is 35.0 Å². The third-order valence-electron chi connectivity index (χ3n) is 6.70. The van der Waals surface area contributed by atoms with Crippen molar-refractivity contribution in [1.29, 1.82) is 0 Å². The summed E-state index contributed by atoms with van der Waals surface area (Å²) < 4.78 is 44.8. The summed E-state index contributed by atoms with van der Waals surface area (Å²) in [5.74, 6) is -1.27. The summed E-state index contributed by atoms with van der Waals surface area (Å²) >= 11 is 6.33. The van der Waals surface area contributed by atoms with Gasteiger partial charge in [-0.1, -0.05) is 18.5 Å². The van der Waals surface area contributed by atoms with Gasteiger partial charge in [0.05, 0.1) is 28.9 Å². The molecule has 3 aromatic heterocycles. The predicted molar refractivity (Wildman–Crippen MR) is 135 cm³/mol. The molecule has 38 heavy (non-hydrogen) atoms. The molecule has 0 saturated carbocycles. The van der Waals surface area contributed by atoms with Crippen molar-refractivity contribution in [3.05, 3.63) is 47.2 Å². The van der Waals surface area contributed by atoms with E-state index in [4.69, 9.17) is 16.0 Å². The number of carbonyl (C=O) groups excluding carboxylic acids is 2. The van der Waals surface area contributed by atoms with Crippen molar-refractivity contribution in [2.24, 2.45) is 5.92 Å². The molecule has 3 aromatic rings. The highest BCUT2D eigenvalue weighted by Gasteiger charge is 2.41. The molecule has 0 aromatic carbocycles. The van der Waals surface area contributed by atoms with Crippen LogP contribution in [0.25, 0.3) is 11.3 Å². The van der Waals surface area contributed by atoms with E-state index in [1.807, 2.05) is 4.90 Å². The van der Waals surface area contributed by atoms with Crippen LogP contribution in [0.1, 0.15) is 42.6 Å². The molecule has 0 aliphatic carbocycles. The number of piperidine rings is 1. The monoisotopic (exact) mass is 548 g/mol. The van der Waals surface area contributed by atoms with Gasteiger partial charge in [-0.15, -0.1) is 0 Å². The zero-order chi connectivity index (χ0) is 27.2. The zero-order valence-corrected chi connectivity index (χ0v) is 21.3. The van der Waals surface area contributed by atoms with Gasteiger partial charge in [0.2, 0.25) is 0 Å². The van der Waals surface area contributed by atoms with Crippen LogP contribution in [-0.4, -0.2) is 52.1 Å². The van der Waals surface area contributed by atoms with Gasteiger partial charge in [0.15, 0.2) is 23.3 Å². The Morgan fingerprint density at radius 3 is 2.79 bits per heavy atom. The Balaban J connectivity index is 1.47. The maximum atomic E-state index is 13.6. The number of halogens is 4. The van der Waals surface area contributed by atoms with Crippen molar-refractivity contribution in [2.45, 2.75) is 45.3 Å². The number of carbonyl (C=O) groups is 2. The number of alkyl halides is 3. The molecule has 0 unspecified atom stereocenters. The average molecular weight is 549 g/mol. The Hall–Kier alpha value is -3.67. The van der Waals surface area contributed by atoms with E-state index >= 15 is 0 Å². The standard InChI is InChI=1S/C25H24ClF3N6O3/c1-13(25(27,28)29)8-19(36)22-17(26)10-18-23(33-22)35(16-4-3-7-34(18)12-16)24(37)32-21-9-15(5-6-30-21)20-11-31-14(2)38-20/h5-6,9-11,13,16H,3-4,7-8,12H2,1-2H3,(H,30,32,37)/t13-,16-/m0/s1. The molecule has 2 aliphatic rings. The van der Waals surface area contributed by atoms with Crippen molar-refractivity contribution in [3.63, 3.8) is 0 Å². The number of anilines is 3. The van der Waals surface area contributed by atoms with E-state index in [0.717, 1.165) is 13.3 Å². The van der Waals surface area contributed by atoms with Gasteiger partial charge in [-0.25, -0.2) is 19.7 Å². The highest BCUT2D eigenvalue weighted by atomic mass is 35.5. The minimum absolute atomic E-state index is 0.0516. The summed E-state index contributed by atoms with van der Waals surface area (Å²) in [5, 5.41) is 2.73. The van der Waals surface area contributed by atoms with Crippen molar-refractivity contribution in [3.8, 4) is 11.3 Å². The van der Waals surface area contributed by atoms with E-state index in [9.17, 15) is 22.8 Å². The second-order valence-electron chi connectivity index (χ2n) is 9.45. The molecule has 5 rings (SSSR count). The fourth-order valence-corrected chi connectivity index (χ4v) is 4.95. The topological polar surface area (TPSA) is 104 Å². The number of nitrogens with zero attached hydrogens (tertiary/aromatic N) is 5. The number of aromatic nitrogens is 3. The average Bonchev–Trinajstić information content (AvgIpc) is 3.30. The van der Waals surface area contributed by atoms with E-state index in [1.54, 1.807) is 25.3 Å². The molecule has 1 saturated heterocycles. The number of hydrogen-bond donors (Lipinski definition) is 1. The molecule has 2 bridgehead atoms. The molecule has 1 N–H and O–H groups in total. The van der Waals surface area contributed by atoms with Crippen LogP contribution in [0, 0.1) is 12.8 Å². The number of nitrogens with one attached hydrogen (secondary N) is 1. The van der Waals surface area contributed by atoms with Gasteiger partial charge in [0.1, 0.15) is 11.5 Å². The maximum Gasteiger partial charge on any atom is 0.391 e. The Bertz CT molecular complexity index is 1390. The lowest BCUT2D eigenvalue weighted by molar-refractivity contribution is -0.168. The van der Waals surface area contributed by atoms with Crippen LogP contribution in [0.4, 0.5) is 35.3 Å². The first-order valence-corrected chi connectivity index (χ1v) is 12.4. The van der Waals surface area contributed by atoms with Crippen LogP contribution in [0.3, 0.4) is 0 Å². The van der Waals surface area contributed by atoms with Gasteiger partial charge in [0, 0.05) is 38.2 Å². The van der Waals surface area contributed by atoms with Gasteiger partial charge < -0.3 is 9.32 Å². The Morgan fingerprint density at radius 2 is 2.08 bits per heavy atom. The molecule has 13 heteroatoms. The lowest BCUT2D eigenvalue weighted by atomic mass is 9.98. The number of Topliss-reactive ketones (excluding diaryl/α,β-unsaturated/α-hetero) is 1. The van der Waals surface area contributed by atoms with E-state index in [-0.39, 0.29) is 28.4 Å². The Morgan fingerprint density at radius 1 is 1.29 bits per heavy atom. The second kappa shape index (κ2) is 9.90. The summed E-state index contributed by atoms with van der Waals surface area (Å²) in [5.41, 5.74) is 0.914. The van der Waals surface area contributed by atoms with Crippen molar-refractivity contribution < 1.29 is 27.2 Å². The number of hydrogen-bond acceptors (Lipinski definition) is 7. The fourth-order valence-electron chi connectivity index (χ4n) is 4.70. The smallest absolute Gasteiger partial charge is 0.391 e. The van der Waals surface area contributed by atoms with E-state index in [0.29, 0.717) is 42.4 Å². The summed E-state index contributed by atoms with van der Waals surface area (Å²) in [6.45, 7) is 3.88. The molecule has 1 fully saturated rings. The van der Waals surface area contributed by atoms with Gasteiger partial charge in [0.25, 0.3) is 0 Å². The van der Waals surface area contributed by atoms with Gasteiger partial charge in [-0.05, 0) is 31.0 Å². The molecule has 0 spiro atoms. The van der Waals surface area contributed by atoms with E-state index in [1.165, 1.54) is 17.2 Å². The fraction of sp³-hybridized carbons (Fsp3) is 0.400. The van der Waals surface area contributed by atoms with E-state index in [2.05, 4.69) is 20.3 Å². The number of pyridine rings is 2. The molecule has 2 atom stereocenters. The van der Waals surface area contributed by atoms with Crippen LogP contribution in [-0.2, 0) is 0 Å². The lowest BCUT2D eigenvalue weighted by Crippen LogP contribution is -2.56. The number of ketones is 1. The van der Waals surface area contributed by atoms with Gasteiger partial charge in [-0.2, -0.15) is 13.2 Å². The molecule has 5 heterocycles. The second-order valence-corrected chi connectivity index (χ2v) is 9.85. The first-order chi connectivity index (χ1) is 18.0. The predicted octanol–water partition coefficient (Wildman–Crippen LogP) is 5.89. The molecular weight excluding hydrogens is 525 g/mol. The summed E-state index contributed by atoms with van der Waals surface area (Å²) in [6.07, 6.45) is -0.741. The molecule has 9 nitrogen and oxygen atoms in total. The largest absolute Gasteiger partial charge is 0.441 e. The summed E-state index contributed by atoms with van der Waals surface area (Å²) in [7, 11) is 0. The summed E-state index contributed by atoms with van der Waals surface area (Å²) in [6, 6.07) is 4.06.